The molecule has 5 nitrogen and oxygen atoms in total. The Morgan fingerprint density at radius 2 is 1.86 bits per heavy atom. The van der Waals surface area contributed by atoms with Gasteiger partial charge in [0, 0.05) is 24.5 Å². The second kappa shape index (κ2) is 9.70. The van der Waals surface area contributed by atoms with E-state index in [-0.39, 0.29) is 17.9 Å². The van der Waals surface area contributed by atoms with E-state index >= 15 is 0 Å². The number of nitrogens with one attached hydrogen (secondary N) is 1. The summed E-state index contributed by atoms with van der Waals surface area (Å²) < 4.78 is 1.49. The molecule has 0 spiro atoms. The second-order valence-electron chi connectivity index (χ2n) is 7.55. The first-order valence-electron chi connectivity index (χ1n) is 9.92. The van der Waals surface area contributed by atoms with Gasteiger partial charge < -0.3 is 5.32 Å². The summed E-state index contributed by atoms with van der Waals surface area (Å²) in [5.41, 5.74) is 1.78. The molecule has 1 heterocycles. The van der Waals surface area contributed by atoms with Crippen LogP contribution in [0.15, 0.2) is 59.7 Å². The largest absolute Gasteiger partial charge is 0.356 e. The molecule has 152 valence electrons. The van der Waals surface area contributed by atoms with E-state index in [1.807, 2.05) is 36.4 Å². The van der Waals surface area contributed by atoms with E-state index in [0.29, 0.717) is 35.8 Å². The zero-order valence-electron chi connectivity index (χ0n) is 16.8. The van der Waals surface area contributed by atoms with Gasteiger partial charge in [-0.3, -0.25) is 14.2 Å². The highest BCUT2D eigenvalue weighted by Crippen LogP contribution is 2.28. The van der Waals surface area contributed by atoms with Gasteiger partial charge in [0.25, 0.3) is 5.56 Å². The van der Waals surface area contributed by atoms with Gasteiger partial charge in [-0.05, 0) is 48.1 Å². The fourth-order valence-electron chi connectivity index (χ4n) is 3.54. The molecule has 3 aromatic rings. The Morgan fingerprint density at radius 3 is 2.59 bits per heavy atom. The van der Waals surface area contributed by atoms with Crippen LogP contribution in [0.25, 0.3) is 10.9 Å². The molecular formula is C23H26ClN3O2. The molecule has 0 radical (unpaired) electrons. The molecule has 29 heavy (non-hydrogen) atoms. The van der Waals surface area contributed by atoms with Gasteiger partial charge in [-0.25, -0.2) is 4.98 Å². The SMILES string of the molecule is CC(C)C(CCNC(=O)CCn1cnc2ccccc2c1=O)c1ccc(Cl)cc1. The molecule has 0 aliphatic carbocycles. The first-order chi connectivity index (χ1) is 14.0. The quantitative estimate of drug-likeness (QED) is 0.598. The lowest BCUT2D eigenvalue weighted by Crippen LogP contribution is -2.29. The predicted molar refractivity (Wildman–Crippen MR) is 117 cm³/mol. The summed E-state index contributed by atoms with van der Waals surface area (Å²) in [4.78, 5) is 29.0. The average molecular weight is 412 g/mol. The number of halogens is 1. The molecule has 1 N–H and O–H groups in total. The number of carbonyl (C=O) groups excluding carboxylic acids is 1. The fraction of sp³-hybridized carbons (Fsp3) is 0.348. The van der Waals surface area contributed by atoms with Crippen LogP contribution >= 0.6 is 11.6 Å². The van der Waals surface area contributed by atoms with Crippen molar-refractivity contribution >= 4 is 28.4 Å². The highest BCUT2D eigenvalue weighted by atomic mass is 35.5. The van der Waals surface area contributed by atoms with Crippen LogP contribution in [0.2, 0.25) is 5.02 Å². The lowest BCUT2D eigenvalue weighted by Gasteiger charge is -2.21. The maximum absolute atomic E-state index is 12.5. The van der Waals surface area contributed by atoms with Crippen LogP contribution in [0.1, 0.15) is 38.2 Å². The van der Waals surface area contributed by atoms with Crippen LogP contribution in [0.3, 0.4) is 0 Å². The van der Waals surface area contributed by atoms with E-state index in [1.165, 1.54) is 16.5 Å². The van der Waals surface area contributed by atoms with Gasteiger partial charge in [0.15, 0.2) is 0 Å². The summed E-state index contributed by atoms with van der Waals surface area (Å²) in [5.74, 6) is 0.735. The Hall–Kier alpha value is -2.66. The molecule has 0 aliphatic rings. The first kappa shape index (κ1) is 21.1. The van der Waals surface area contributed by atoms with Crippen molar-refractivity contribution in [1.82, 2.24) is 14.9 Å². The van der Waals surface area contributed by atoms with Gasteiger partial charge in [-0.2, -0.15) is 0 Å². The standard InChI is InChI=1S/C23H26ClN3O2/c1-16(2)19(17-7-9-18(24)10-8-17)11-13-25-22(28)12-14-27-15-26-21-6-4-3-5-20(21)23(27)29/h3-10,15-16,19H,11-14H2,1-2H3,(H,25,28). The van der Waals surface area contributed by atoms with Gasteiger partial charge in [0.05, 0.1) is 17.2 Å². The third-order valence-electron chi connectivity index (χ3n) is 5.19. The Bertz CT molecular complexity index is 1030. The van der Waals surface area contributed by atoms with Crippen molar-refractivity contribution in [3.8, 4) is 0 Å². The number of benzene rings is 2. The lowest BCUT2D eigenvalue weighted by atomic mass is 9.86. The molecule has 1 atom stereocenters. The zero-order chi connectivity index (χ0) is 20.8. The summed E-state index contributed by atoms with van der Waals surface area (Å²) in [6.45, 7) is 5.27. The molecule has 2 aromatic carbocycles. The molecule has 6 heteroatoms. The number of aromatic nitrogens is 2. The maximum Gasteiger partial charge on any atom is 0.261 e. The van der Waals surface area contributed by atoms with E-state index in [9.17, 15) is 9.59 Å². The predicted octanol–water partition coefficient (Wildman–Crippen LogP) is 4.39. The second-order valence-corrected chi connectivity index (χ2v) is 7.99. The van der Waals surface area contributed by atoms with Gasteiger partial charge >= 0.3 is 0 Å². The summed E-state index contributed by atoms with van der Waals surface area (Å²) in [5, 5.41) is 4.27. The summed E-state index contributed by atoms with van der Waals surface area (Å²) in [6, 6.07) is 15.1. The molecule has 0 fully saturated rings. The van der Waals surface area contributed by atoms with Gasteiger partial charge in [-0.1, -0.05) is 49.7 Å². The van der Waals surface area contributed by atoms with Crippen molar-refractivity contribution in [2.24, 2.45) is 5.92 Å². The van der Waals surface area contributed by atoms with Crippen molar-refractivity contribution in [3.05, 3.63) is 75.8 Å². The minimum atomic E-state index is -0.119. The minimum Gasteiger partial charge on any atom is -0.356 e. The van der Waals surface area contributed by atoms with Crippen LogP contribution in [-0.4, -0.2) is 22.0 Å². The minimum absolute atomic E-state index is 0.0660. The lowest BCUT2D eigenvalue weighted by molar-refractivity contribution is -0.121. The number of aryl methyl sites for hydroxylation is 1. The van der Waals surface area contributed by atoms with Crippen LogP contribution in [0.5, 0.6) is 0 Å². The number of fused-ring (bicyclic) bond motifs is 1. The number of para-hydroxylation sites is 1. The Labute approximate surface area is 175 Å². The third-order valence-corrected chi connectivity index (χ3v) is 5.44. The molecule has 0 aliphatic heterocycles. The maximum atomic E-state index is 12.5. The highest BCUT2D eigenvalue weighted by molar-refractivity contribution is 6.30. The zero-order valence-corrected chi connectivity index (χ0v) is 17.5. The summed E-state index contributed by atoms with van der Waals surface area (Å²) in [7, 11) is 0. The van der Waals surface area contributed by atoms with Crippen molar-refractivity contribution in [2.75, 3.05) is 6.54 Å². The Balaban J connectivity index is 1.52. The number of hydrogen-bond donors (Lipinski definition) is 1. The fourth-order valence-corrected chi connectivity index (χ4v) is 3.66. The molecule has 0 saturated carbocycles. The van der Waals surface area contributed by atoms with E-state index in [1.54, 1.807) is 12.1 Å². The average Bonchev–Trinajstić information content (AvgIpc) is 2.71. The first-order valence-corrected chi connectivity index (χ1v) is 10.3. The molecule has 3 rings (SSSR count). The van der Waals surface area contributed by atoms with Gasteiger partial charge in [-0.15, -0.1) is 0 Å². The van der Waals surface area contributed by atoms with Crippen LogP contribution in [0, 0.1) is 5.92 Å². The monoisotopic (exact) mass is 411 g/mol. The van der Waals surface area contributed by atoms with Gasteiger partial charge in [0.1, 0.15) is 0 Å². The van der Waals surface area contributed by atoms with E-state index in [2.05, 4.69) is 24.1 Å². The smallest absolute Gasteiger partial charge is 0.261 e. The van der Waals surface area contributed by atoms with Crippen molar-refractivity contribution < 1.29 is 4.79 Å². The molecule has 1 amide bonds. The van der Waals surface area contributed by atoms with E-state index in [4.69, 9.17) is 11.6 Å². The molecular weight excluding hydrogens is 386 g/mol. The van der Waals surface area contributed by atoms with Crippen LogP contribution < -0.4 is 10.9 Å². The number of amides is 1. The molecule has 1 unspecified atom stereocenters. The Morgan fingerprint density at radius 1 is 1.14 bits per heavy atom. The third kappa shape index (κ3) is 5.45. The number of hydrogen-bond acceptors (Lipinski definition) is 3. The van der Waals surface area contributed by atoms with E-state index in [0.717, 1.165) is 11.4 Å². The molecule has 0 saturated heterocycles. The van der Waals surface area contributed by atoms with E-state index < -0.39 is 0 Å². The number of nitrogens with zero attached hydrogens (tertiary/aromatic N) is 2. The van der Waals surface area contributed by atoms with Crippen LogP contribution in [-0.2, 0) is 11.3 Å². The summed E-state index contributed by atoms with van der Waals surface area (Å²) in [6.07, 6.45) is 2.60. The van der Waals surface area contributed by atoms with Crippen LogP contribution in [0.4, 0.5) is 0 Å². The van der Waals surface area contributed by atoms with Crippen molar-refractivity contribution in [1.29, 1.82) is 0 Å². The number of carbonyl (C=O) groups is 1. The molecule has 1 aromatic heterocycles. The normalized spacial score (nSPS) is 12.3. The topological polar surface area (TPSA) is 64.0 Å². The van der Waals surface area contributed by atoms with Crippen molar-refractivity contribution in [3.63, 3.8) is 0 Å². The Kier molecular flexibility index (Phi) is 7.04. The van der Waals surface area contributed by atoms with Gasteiger partial charge in [0.2, 0.25) is 5.91 Å². The number of rotatable bonds is 8. The summed E-state index contributed by atoms with van der Waals surface area (Å²) >= 11 is 5.98. The van der Waals surface area contributed by atoms with Crippen molar-refractivity contribution in [2.45, 2.75) is 39.2 Å². The molecule has 0 bridgehead atoms. The highest BCUT2D eigenvalue weighted by Gasteiger charge is 2.16.